The molecule has 0 aromatic heterocycles. The van der Waals surface area contributed by atoms with Gasteiger partial charge in [0.15, 0.2) is 24.7 Å². The zero-order valence-corrected chi connectivity index (χ0v) is 18.1. The van der Waals surface area contributed by atoms with Crippen LogP contribution in [-0.2, 0) is 20.5 Å². The summed E-state index contributed by atoms with van der Waals surface area (Å²) in [6.07, 6.45) is -4.63. The van der Waals surface area contributed by atoms with E-state index >= 15 is 0 Å². The highest BCUT2D eigenvalue weighted by Gasteiger charge is 2.33. The lowest BCUT2D eigenvalue weighted by Gasteiger charge is -2.15. The molecule has 0 aliphatic carbocycles. The van der Waals surface area contributed by atoms with Crippen LogP contribution in [0.3, 0.4) is 0 Å². The lowest BCUT2D eigenvalue weighted by atomic mass is 10.1. The second-order valence-electron chi connectivity index (χ2n) is 7.04. The van der Waals surface area contributed by atoms with Gasteiger partial charge in [-0.15, -0.1) is 0 Å². The molecule has 0 spiro atoms. The number of alkyl halides is 3. The summed E-state index contributed by atoms with van der Waals surface area (Å²) in [6.45, 7) is 2.45. The Labute approximate surface area is 188 Å². The van der Waals surface area contributed by atoms with E-state index in [4.69, 9.17) is 14.2 Å². The number of hydrogen-bond acceptors (Lipinski definition) is 6. The third kappa shape index (κ3) is 7.70. The molecule has 0 atom stereocenters. The summed E-state index contributed by atoms with van der Waals surface area (Å²) in [5, 5.41) is 4.73. The van der Waals surface area contributed by atoms with Gasteiger partial charge >= 0.3 is 12.1 Å². The molecule has 0 fully saturated rings. The smallest absolute Gasteiger partial charge is 0.418 e. The predicted octanol–water partition coefficient (Wildman–Crippen LogP) is 3.41. The zero-order chi connectivity index (χ0) is 24.6. The second kappa shape index (κ2) is 11.2. The fourth-order valence-electron chi connectivity index (χ4n) is 2.66. The maximum atomic E-state index is 13.0. The van der Waals surface area contributed by atoms with E-state index in [0.717, 1.165) is 12.1 Å². The lowest BCUT2D eigenvalue weighted by Crippen LogP contribution is -2.33. The van der Waals surface area contributed by atoms with E-state index in [1.165, 1.54) is 37.4 Å². The molecule has 2 amide bonds. The van der Waals surface area contributed by atoms with E-state index in [-0.39, 0.29) is 23.1 Å². The molecule has 2 aromatic carbocycles. The molecule has 0 unspecified atom stereocenters. The SMILES string of the molecule is COc1cc(C(=O)OCC(=O)NC(C)C)ccc1OCC(=O)Nc1ccccc1C(F)(F)F. The van der Waals surface area contributed by atoms with Gasteiger partial charge in [-0.1, -0.05) is 12.1 Å². The van der Waals surface area contributed by atoms with E-state index in [1.54, 1.807) is 13.8 Å². The predicted molar refractivity (Wildman–Crippen MR) is 112 cm³/mol. The van der Waals surface area contributed by atoms with Crippen molar-refractivity contribution in [2.75, 3.05) is 25.6 Å². The van der Waals surface area contributed by atoms with Crippen LogP contribution in [0.1, 0.15) is 29.8 Å². The van der Waals surface area contributed by atoms with Crippen molar-refractivity contribution in [3.63, 3.8) is 0 Å². The lowest BCUT2D eigenvalue weighted by molar-refractivity contribution is -0.137. The minimum absolute atomic E-state index is 0.0695. The van der Waals surface area contributed by atoms with Crippen molar-refractivity contribution in [2.45, 2.75) is 26.1 Å². The van der Waals surface area contributed by atoms with Crippen LogP contribution in [0.2, 0.25) is 0 Å². The minimum Gasteiger partial charge on any atom is -0.493 e. The maximum absolute atomic E-state index is 13.0. The van der Waals surface area contributed by atoms with Gasteiger partial charge in [0.25, 0.3) is 11.8 Å². The molecule has 0 aliphatic heterocycles. The number of rotatable bonds is 9. The van der Waals surface area contributed by atoms with Gasteiger partial charge in [0.1, 0.15) is 0 Å². The van der Waals surface area contributed by atoms with Crippen molar-refractivity contribution in [3.8, 4) is 11.5 Å². The average Bonchev–Trinajstić information content (AvgIpc) is 2.75. The first-order valence-corrected chi connectivity index (χ1v) is 9.74. The molecule has 8 nitrogen and oxygen atoms in total. The van der Waals surface area contributed by atoms with Crippen LogP contribution < -0.4 is 20.1 Å². The summed E-state index contributed by atoms with van der Waals surface area (Å²) in [5.74, 6) is -1.90. The minimum atomic E-state index is -4.63. The highest BCUT2D eigenvalue weighted by Crippen LogP contribution is 2.34. The third-order valence-corrected chi connectivity index (χ3v) is 4.05. The number of benzene rings is 2. The van der Waals surface area contributed by atoms with Crippen molar-refractivity contribution < 1.29 is 41.8 Å². The van der Waals surface area contributed by atoms with Crippen LogP contribution in [-0.4, -0.2) is 44.1 Å². The fourth-order valence-corrected chi connectivity index (χ4v) is 2.66. The van der Waals surface area contributed by atoms with Gasteiger partial charge in [-0.25, -0.2) is 4.79 Å². The standard InChI is InChI=1S/C22H23F3N2O6/c1-13(2)26-19(28)12-33-21(30)14-8-9-17(18(10-14)31-3)32-11-20(29)27-16-7-5-4-6-15(16)22(23,24)25/h4-10,13H,11-12H2,1-3H3,(H,26,28)(H,27,29). The van der Waals surface area contributed by atoms with Crippen LogP contribution in [0.4, 0.5) is 18.9 Å². The molecule has 0 heterocycles. The summed E-state index contributed by atoms with van der Waals surface area (Å²) in [7, 11) is 1.30. The quantitative estimate of drug-likeness (QED) is 0.547. The number of para-hydroxylation sites is 1. The van der Waals surface area contributed by atoms with Gasteiger partial charge < -0.3 is 24.8 Å². The van der Waals surface area contributed by atoms with Gasteiger partial charge in [0, 0.05) is 6.04 Å². The molecule has 33 heavy (non-hydrogen) atoms. The Morgan fingerprint density at radius 1 is 0.970 bits per heavy atom. The van der Waals surface area contributed by atoms with E-state index < -0.39 is 48.4 Å². The highest BCUT2D eigenvalue weighted by molar-refractivity contribution is 5.93. The molecule has 0 aliphatic rings. The summed E-state index contributed by atoms with van der Waals surface area (Å²) in [4.78, 5) is 35.8. The Balaban J connectivity index is 2.00. The van der Waals surface area contributed by atoms with Crippen LogP contribution in [0.25, 0.3) is 0 Å². The number of halogens is 3. The Morgan fingerprint density at radius 2 is 1.67 bits per heavy atom. The van der Waals surface area contributed by atoms with Gasteiger partial charge in [0.05, 0.1) is 23.9 Å². The van der Waals surface area contributed by atoms with Gasteiger partial charge in [-0.3, -0.25) is 9.59 Å². The van der Waals surface area contributed by atoms with E-state index in [0.29, 0.717) is 0 Å². The molecule has 0 saturated heterocycles. The molecular weight excluding hydrogens is 445 g/mol. The molecule has 11 heteroatoms. The van der Waals surface area contributed by atoms with Gasteiger partial charge in [-0.05, 0) is 44.2 Å². The van der Waals surface area contributed by atoms with Crippen LogP contribution in [0.15, 0.2) is 42.5 Å². The number of nitrogens with one attached hydrogen (secondary N) is 2. The Bertz CT molecular complexity index is 1010. The van der Waals surface area contributed by atoms with E-state index in [2.05, 4.69) is 10.6 Å². The monoisotopic (exact) mass is 468 g/mol. The molecule has 2 aromatic rings. The zero-order valence-electron chi connectivity index (χ0n) is 18.1. The number of carbonyl (C=O) groups is 3. The summed E-state index contributed by atoms with van der Waals surface area (Å²) < 4.78 is 54.5. The molecule has 178 valence electrons. The van der Waals surface area contributed by atoms with Crippen LogP contribution in [0, 0.1) is 0 Å². The topological polar surface area (TPSA) is 103 Å². The number of hydrogen-bond donors (Lipinski definition) is 2. The molecule has 0 bridgehead atoms. The van der Waals surface area contributed by atoms with Crippen molar-refractivity contribution in [1.29, 1.82) is 0 Å². The summed E-state index contributed by atoms with van der Waals surface area (Å²) in [5.41, 5.74) is -1.31. The summed E-state index contributed by atoms with van der Waals surface area (Å²) in [6, 6.07) is 8.40. The Hall–Kier alpha value is -3.76. The normalized spacial score (nSPS) is 11.0. The highest BCUT2D eigenvalue weighted by atomic mass is 19.4. The number of ether oxygens (including phenoxy) is 3. The third-order valence-electron chi connectivity index (χ3n) is 4.05. The average molecular weight is 468 g/mol. The van der Waals surface area contributed by atoms with Crippen molar-refractivity contribution in [3.05, 3.63) is 53.6 Å². The Kier molecular flexibility index (Phi) is 8.66. The van der Waals surface area contributed by atoms with Crippen LogP contribution in [0.5, 0.6) is 11.5 Å². The number of anilines is 1. The number of carbonyl (C=O) groups excluding carboxylic acids is 3. The molecule has 2 N–H and O–H groups in total. The number of methoxy groups -OCH3 is 1. The first kappa shape index (κ1) is 25.5. The first-order valence-electron chi connectivity index (χ1n) is 9.74. The molecule has 2 rings (SSSR count). The molecule has 0 saturated carbocycles. The molecule has 0 radical (unpaired) electrons. The Morgan fingerprint density at radius 3 is 2.30 bits per heavy atom. The first-order chi connectivity index (χ1) is 15.5. The summed E-state index contributed by atoms with van der Waals surface area (Å²) >= 11 is 0. The maximum Gasteiger partial charge on any atom is 0.418 e. The molecular formula is C22H23F3N2O6. The van der Waals surface area contributed by atoms with Gasteiger partial charge in [0.2, 0.25) is 0 Å². The number of esters is 1. The van der Waals surface area contributed by atoms with Crippen molar-refractivity contribution in [2.24, 2.45) is 0 Å². The second-order valence-corrected chi connectivity index (χ2v) is 7.04. The van der Waals surface area contributed by atoms with Crippen molar-refractivity contribution in [1.82, 2.24) is 5.32 Å². The van der Waals surface area contributed by atoms with E-state index in [1.807, 2.05) is 0 Å². The number of amides is 2. The van der Waals surface area contributed by atoms with Crippen molar-refractivity contribution >= 4 is 23.5 Å². The van der Waals surface area contributed by atoms with Gasteiger partial charge in [-0.2, -0.15) is 13.2 Å². The largest absolute Gasteiger partial charge is 0.493 e. The van der Waals surface area contributed by atoms with E-state index in [9.17, 15) is 27.6 Å². The van der Waals surface area contributed by atoms with Crippen LogP contribution >= 0.6 is 0 Å². The fraction of sp³-hybridized carbons (Fsp3) is 0.318.